The first-order valence-electron chi connectivity index (χ1n) is 8.53. The van der Waals surface area contributed by atoms with Crippen LogP contribution in [0.1, 0.15) is 40.4 Å². The van der Waals surface area contributed by atoms with Crippen LogP contribution >= 0.6 is 0 Å². The molecule has 3 N–H and O–H groups in total. The number of anilines is 1. The largest absolute Gasteiger partial charge is 0.376 e. The summed E-state index contributed by atoms with van der Waals surface area (Å²) < 4.78 is 0. The molecule has 0 aromatic heterocycles. The van der Waals surface area contributed by atoms with E-state index < -0.39 is 5.91 Å². The van der Waals surface area contributed by atoms with E-state index in [1.165, 1.54) is 11.1 Å². The van der Waals surface area contributed by atoms with Gasteiger partial charge >= 0.3 is 0 Å². The quantitative estimate of drug-likeness (QED) is 0.881. The van der Waals surface area contributed by atoms with Gasteiger partial charge in [0.1, 0.15) is 0 Å². The Hall–Kier alpha value is -2.82. The number of benzene rings is 2. The predicted molar refractivity (Wildman–Crippen MR) is 98.3 cm³/mol. The molecule has 2 amide bonds. The maximum absolute atomic E-state index is 12.6. The molecule has 0 saturated carbocycles. The Labute approximate surface area is 147 Å². The van der Waals surface area contributed by atoms with Crippen LogP contribution in [0.2, 0.25) is 0 Å². The lowest BCUT2D eigenvalue weighted by Crippen LogP contribution is -2.37. The number of fused-ring (bicyclic) bond motifs is 1. The van der Waals surface area contributed by atoms with Crippen LogP contribution in [0.4, 0.5) is 5.69 Å². The van der Waals surface area contributed by atoms with Gasteiger partial charge in [0.2, 0.25) is 11.8 Å². The first-order valence-corrected chi connectivity index (χ1v) is 8.53. The Morgan fingerprint density at radius 1 is 1.16 bits per heavy atom. The van der Waals surface area contributed by atoms with Crippen molar-refractivity contribution in [3.8, 4) is 0 Å². The van der Waals surface area contributed by atoms with Gasteiger partial charge in [-0.3, -0.25) is 9.59 Å². The van der Waals surface area contributed by atoms with Crippen molar-refractivity contribution in [1.29, 1.82) is 0 Å². The van der Waals surface area contributed by atoms with E-state index >= 15 is 0 Å². The Kier molecular flexibility index (Phi) is 5.03. The molecule has 5 heteroatoms. The fourth-order valence-electron chi connectivity index (χ4n) is 3.36. The first-order chi connectivity index (χ1) is 12.1. The zero-order valence-corrected chi connectivity index (χ0v) is 14.4. The minimum absolute atomic E-state index is 0.0423. The van der Waals surface area contributed by atoms with Crippen LogP contribution in [0.15, 0.2) is 48.5 Å². The molecule has 0 bridgehead atoms. The summed E-state index contributed by atoms with van der Waals surface area (Å²) in [6, 6.07) is 15.3. The first kappa shape index (κ1) is 17.0. The standard InChI is InChI=1S/C20H23N3O2/c1-23(18-8-4-6-14-5-2-3-7-17(14)18)19(24)13-22-16-11-9-15(10-12-16)20(21)25/h2-3,5,7,9-12,18,22H,4,6,8,13H2,1H3,(H2,21,25). The Morgan fingerprint density at radius 3 is 2.60 bits per heavy atom. The summed E-state index contributed by atoms with van der Waals surface area (Å²) in [6.07, 6.45) is 3.17. The average molecular weight is 337 g/mol. The zero-order chi connectivity index (χ0) is 17.8. The third-order valence-corrected chi connectivity index (χ3v) is 4.81. The van der Waals surface area contributed by atoms with Gasteiger partial charge in [-0.05, 0) is 54.7 Å². The van der Waals surface area contributed by atoms with Crippen molar-refractivity contribution in [3.05, 3.63) is 65.2 Å². The van der Waals surface area contributed by atoms with E-state index in [1.807, 2.05) is 18.0 Å². The maximum atomic E-state index is 12.6. The summed E-state index contributed by atoms with van der Waals surface area (Å²) in [4.78, 5) is 25.5. The number of primary amides is 1. The molecule has 3 rings (SSSR count). The molecule has 1 atom stereocenters. The lowest BCUT2D eigenvalue weighted by molar-refractivity contribution is -0.130. The van der Waals surface area contributed by atoms with Crippen molar-refractivity contribution in [3.63, 3.8) is 0 Å². The Balaban J connectivity index is 1.63. The minimum atomic E-state index is -0.460. The monoisotopic (exact) mass is 337 g/mol. The van der Waals surface area contributed by atoms with Crippen molar-refractivity contribution in [1.82, 2.24) is 4.90 Å². The Bertz CT molecular complexity index is 771. The second kappa shape index (κ2) is 7.38. The van der Waals surface area contributed by atoms with E-state index in [2.05, 4.69) is 23.5 Å². The molecule has 2 aromatic rings. The van der Waals surface area contributed by atoms with E-state index in [0.717, 1.165) is 24.9 Å². The van der Waals surface area contributed by atoms with Crippen molar-refractivity contribution < 1.29 is 9.59 Å². The van der Waals surface area contributed by atoms with E-state index in [9.17, 15) is 9.59 Å². The van der Waals surface area contributed by atoms with Gasteiger partial charge < -0.3 is 16.0 Å². The lowest BCUT2D eigenvalue weighted by Gasteiger charge is -2.33. The number of likely N-dealkylation sites (N-methyl/N-ethyl adjacent to an activating group) is 1. The molecule has 1 unspecified atom stereocenters. The van der Waals surface area contributed by atoms with Crippen molar-refractivity contribution in [2.75, 3.05) is 18.9 Å². The van der Waals surface area contributed by atoms with E-state index in [4.69, 9.17) is 5.73 Å². The number of hydrogen-bond donors (Lipinski definition) is 2. The molecule has 25 heavy (non-hydrogen) atoms. The molecule has 0 spiro atoms. The molecule has 0 saturated heterocycles. The number of carbonyl (C=O) groups excluding carboxylic acids is 2. The van der Waals surface area contributed by atoms with Gasteiger partial charge in [-0.15, -0.1) is 0 Å². The van der Waals surface area contributed by atoms with Gasteiger partial charge in [0, 0.05) is 18.3 Å². The fraction of sp³-hybridized carbons (Fsp3) is 0.300. The van der Waals surface area contributed by atoms with Crippen LogP contribution in [0, 0.1) is 0 Å². The van der Waals surface area contributed by atoms with Crippen molar-refractivity contribution >= 4 is 17.5 Å². The highest BCUT2D eigenvalue weighted by atomic mass is 16.2. The molecular weight excluding hydrogens is 314 g/mol. The number of amides is 2. The summed E-state index contributed by atoms with van der Waals surface area (Å²) in [5, 5.41) is 3.11. The lowest BCUT2D eigenvalue weighted by atomic mass is 9.87. The summed E-state index contributed by atoms with van der Waals surface area (Å²) in [5.74, 6) is -0.418. The van der Waals surface area contributed by atoms with Gasteiger partial charge in [0.15, 0.2) is 0 Å². The summed E-state index contributed by atoms with van der Waals surface area (Å²) in [6.45, 7) is 0.213. The average Bonchev–Trinajstić information content (AvgIpc) is 2.65. The van der Waals surface area contributed by atoms with Crippen LogP contribution in [0.25, 0.3) is 0 Å². The number of nitrogens with one attached hydrogen (secondary N) is 1. The number of aryl methyl sites for hydroxylation is 1. The third-order valence-electron chi connectivity index (χ3n) is 4.81. The van der Waals surface area contributed by atoms with Gasteiger partial charge in [0.05, 0.1) is 12.6 Å². The van der Waals surface area contributed by atoms with E-state index in [-0.39, 0.29) is 18.5 Å². The molecule has 5 nitrogen and oxygen atoms in total. The second-order valence-corrected chi connectivity index (χ2v) is 6.41. The van der Waals surface area contributed by atoms with Gasteiger partial charge in [-0.1, -0.05) is 24.3 Å². The molecule has 1 aliphatic rings. The van der Waals surface area contributed by atoms with Crippen LogP contribution in [-0.4, -0.2) is 30.3 Å². The SMILES string of the molecule is CN(C(=O)CNc1ccc(C(N)=O)cc1)C1CCCc2ccccc21. The summed E-state index contributed by atoms with van der Waals surface area (Å²) >= 11 is 0. The third kappa shape index (κ3) is 3.82. The van der Waals surface area contributed by atoms with Gasteiger partial charge in [-0.2, -0.15) is 0 Å². The molecule has 2 aromatic carbocycles. The van der Waals surface area contributed by atoms with E-state index in [1.54, 1.807) is 24.3 Å². The number of nitrogens with zero attached hydrogens (tertiary/aromatic N) is 1. The molecule has 0 fully saturated rings. The molecule has 0 aliphatic heterocycles. The molecule has 130 valence electrons. The minimum Gasteiger partial charge on any atom is -0.376 e. The number of hydrogen-bond acceptors (Lipinski definition) is 3. The van der Waals surface area contributed by atoms with Crippen LogP contribution in [0.3, 0.4) is 0 Å². The topological polar surface area (TPSA) is 75.4 Å². The van der Waals surface area contributed by atoms with Gasteiger partial charge in [-0.25, -0.2) is 0 Å². The van der Waals surface area contributed by atoms with Crippen LogP contribution in [-0.2, 0) is 11.2 Å². The second-order valence-electron chi connectivity index (χ2n) is 6.41. The molecule has 0 heterocycles. The smallest absolute Gasteiger partial charge is 0.248 e. The van der Waals surface area contributed by atoms with Gasteiger partial charge in [0.25, 0.3) is 0 Å². The maximum Gasteiger partial charge on any atom is 0.248 e. The molecule has 0 radical (unpaired) electrons. The molecular formula is C20H23N3O2. The molecule has 1 aliphatic carbocycles. The summed E-state index contributed by atoms with van der Waals surface area (Å²) in [5.41, 5.74) is 9.07. The highest BCUT2D eigenvalue weighted by Crippen LogP contribution is 2.33. The van der Waals surface area contributed by atoms with Crippen LogP contribution < -0.4 is 11.1 Å². The highest BCUT2D eigenvalue weighted by molar-refractivity contribution is 5.93. The zero-order valence-electron chi connectivity index (χ0n) is 14.4. The number of carbonyl (C=O) groups is 2. The van der Waals surface area contributed by atoms with Crippen molar-refractivity contribution in [2.45, 2.75) is 25.3 Å². The van der Waals surface area contributed by atoms with Crippen LogP contribution in [0.5, 0.6) is 0 Å². The van der Waals surface area contributed by atoms with Crippen molar-refractivity contribution in [2.24, 2.45) is 5.73 Å². The predicted octanol–water partition coefficient (Wildman–Crippen LogP) is 2.73. The number of rotatable bonds is 5. The highest BCUT2D eigenvalue weighted by Gasteiger charge is 2.26. The van der Waals surface area contributed by atoms with E-state index in [0.29, 0.717) is 5.56 Å². The Morgan fingerprint density at radius 2 is 1.88 bits per heavy atom. The normalized spacial score (nSPS) is 16.0. The number of nitrogens with two attached hydrogens (primary N) is 1. The fourth-order valence-corrected chi connectivity index (χ4v) is 3.36. The summed E-state index contributed by atoms with van der Waals surface area (Å²) in [7, 11) is 1.87.